The molecule has 2 aromatic carbocycles. The summed E-state index contributed by atoms with van der Waals surface area (Å²) < 4.78 is 0. The number of nitrogens with zero attached hydrogens (tertiary/aromatic N) is 1. The van der Waals surface area contributed by atoms with Gasteiger partial charge in [0.2, 0.25) is 11.8 Å². The van der Waals surface area contributed by atoms with Gasteiger partial charge < -0.3 is 10.2 Å². The number of anilines is 2. The average molecular weight is 411 g/mol. The summed E-state index contributed by atoms with van der Waals surface area (Å²) in [5.74, 6) is -0.731. The van der Waals surface area contributed by atoms with Gasteiger partial charge in [0, 0.05) is 24.3 Å². The van der Waals surface area contributed by atoms with Gasteiger partial charge in [0.05, 0.1) is 5.92 Å². The Morgan fingerprint density at radius 1 is 1.14 bits per heavy atom. The minimum atomic E-state index is -0.427. The molecular weight excluding hydrogens is 384 g/mol. The molecule has 0 saturated carbocycles. The van der Waals surface area contributed by atoms with Gasteiger partial charge >= 0.3 is 0 Å². The first kappa shape index (κ1) is 20.8. The van der Waals surface area contributed by atoms with E-state index in [9.17, 15) is 9.59 Å². The molecule has 3 rings (SSSR count). The number of carbonyl (C=O) groups is 2. The van der Waals surface area contributed by atoms with Gasteiger partial charge in [-0.1, -0.05) is 31.2 Å². The Balaban J connectivity index is 1.53. The number of hydrogen-bond acceptors (Lipinski definition) is 3. The monoisotopic (exact) mass is 410 g/mol. The number of amides is 2. The standard InChI is InChI=1S/C22H26N4O2S/c1-4-16-8-10-18(11-9-16)26-13-17(12-20(26)27)21(28)24-25-22(29)23-19-7-5-6-14(2)15(19)3/h5-11,17H,4,12-13H2,1-3H3,(H,24,28)(H2,23,25,29). The number of carbonyl (C=O) groups excluding carboxylic acids is 2. The molecule has 1 unspecified atom stereocenters. The van der Waals surface area contributed by atoms with Crippen molar-refractivity contribution in [3.05, 3.63) is 59.2 Å². The fourth-order valence-corrected chi connectivity index (χ4v) is 3.47. The van der Waals surface area contributed by atoms with Crippen molar-refractivity contribution in [1.82, 2.24) is 10.9 Å². The summed E-state index contributed by atoms with van der Waals surface area (Å²) in [5.41, 5.74) is 10.5. The zero-order chi connectivity index (χ0) is 21.0. The fraction of sp³-hybridized carbons (Fsp3) is 0.318. The minimum absolute atomic E-state index is 0.0505. The van der Waals surface area contributed by atoms with Crippen molar-refractivity contribution in [3.63, 3.8) is 0 Å². The normalized spacial score (nSPS) is 15.9. The predicted octanol–water partition coefficient (Wildman–Crippen LogP) is 3.24. The molecule has 1 fully saturated rings. The maximum atomic E-state index is 12.5. The molecule has 7 heteroatoms. The van der Waals surface area contributed by atoms with Crippen LogP contribution in [0.1, 0.15) is 30.0 Å². The lowest BCUT2D eigenvalue weighted by molar-refractivity contribution is -0.126. The van der Waals surface area contributed by atoms with E-state index >= 15 is 0 Å². The van der Waals surface area contributed by atoms with E-state index < -0.39 is 5.92 Å². The topological polar surface area (TPSA) is 73.5 Å². The summed E-state index contributed by atoms with van der Waals surface area (Å²) in [5, 5.41) is 3.37. The number of hydrazine groups is 1. The Labute approximate surface area is 176 Å². The summed E-state index contributed by atoms with van der Waals surface area (Å²) in [6, 6.07) is 13.8. The molecule has 3 N–H and O–H groups in total. The molecule has 0 radical (unpaired) electrons. The second kappa shape index (κ2) is 9.05. The Bertz CT molecular complexity index is 927. The fourth-order valence-electron chi connectivity index (χ4n) is 3.30. The van der Waals surface area contributed by atoms with E-state index in [-0.39, 0.29) is 18.2 Å². The van der Waals surface area contributed by atoms with E-state index in [4.69, 9.17) is 12.2 Å². The number of hydrogen-bond donors (Lipinski definition) is 3. The molecule has 0 spiro atoms. The number of thiocarbonyl (C=S) groups is 1. The maximum absolute atomic E-state index is 12.5. The van der Waals surface area contributed by atoms with Crippen LogP contribution in [0.2, 0.25) is 0 Å². The van der Waals surface area contributed by atoms with Crippen LogP contribution in [0.5, 0.6) is 0 Å². The first-order valence-corrected chi connectivity index (χ1v) is 10.1. The van der Waals surface area contributed by atoms with Crippen LogP contribution in [-0.2, 0) is 16.0 Å². The molecule has 0 aromatic heterocycles. The van der Waals surface area contributed by atoms with Crippen molar-refractivity contribution in [2.45, 2.75) is 33.6 Å². The van der Waals surface area contributed by atoms with Crippen molar-refractivity contribution < 1.29 is 9.59 Å². The van der Waals surface area contributed by atoms with Crippen molar-refractivity contribution >= 4 is 40.5 Å². The summed E-state index contributed by atoms with van der Waals surface area (Å²) in [6.45, 7) is 6.47. The van der Waals surface area contributed by atoms with Gasteiger partial charge in [-0.15, -0.1) is 0 Å². The third-order valence-electron chi connectivity index (χ3n) is 5.30. The van der Waals surface area contributed by atoms with Crippen LogP contribution in [0.3, 0.4) is 0 Å². The van der Waals surface area contributed by atoms with Gasteiger partial charge in [0.1, 0.15) is 0 Å². The zero-order valence-electron chi connectivity index (χ0n) is 16.9. The Morgan fingerprint density at radius 3 is 2.55 bits per heavy atom. The smallest absolute Gasteiger partial charge is 0.243 e. The second-order valence-corrected chi connectivity index (χ2v) is 7.65. The number of aryl methyl sites for hydroxylation is 2. The zero-order valence-corrected chi connectivity index (χ0v) is 17.7. The molecule has 2 aromatic rings. The van der Waals surface area contributed by atoms with Crippen LogP contribution >= 0.6 is 12.2 Å². The van der Waals surface area contributed by atoms with Crippen molar-refractivity contribution in [2.75, 3.05) is 16.8 Å². The summed E-state index contributed by atoms with van der Waals surface area (Å²) in [6.07, 6.45) is 1.13. The average Bonchev–Trinajstić information content (AvgIpc) is 3.11. The van der Waals surface area contributed by atoms with E-state index in [1.807, 2.05) is 56.3 Å². The minimum Gasteiger partial charge on any atom is -0.331 e. The Hall–Kier alpha value is -2.93. The maximum Gasteiger partial charge on any atom is 0.243 e. The first-order chi connectivity index (χ1) is 13.9. The van der Waals surface area contributed by atoms with Crippen molar-refractivity contribution in [3.8, 4) is 0 Å². The highest BCUT2D eigenvalue weighted by Gasteiger charge is 2.35. The third-order valence-corrected chi connectivity index (χ3v) is 5.51. The molecule has 1 heterocycles. The van der Waals surface area contributed by atoms with Crippen LogP contribution in [0, 0.1) is 19.8 Å². The van der Waals surface area contributed by atoms with Gasteiger partial charge in [-0.05, 0) is 67.4 Å². The lowest BCUT2D eigenvalue weighted by Gasteiger charge is -2.18. The number of nitrogens with one attached hydrogen (secondary N) is 3. The van der Waals surface area contributed by atoms with Crippen molar-refractivity contribution in [1.29, 1.82) is 0 Å². The van der Waals surface area contributed by atoms with Crippen LogP contribution in [-0.4, -0.2) is 23.5 Å². The van der Waals surface area contributed by atoms with E-state index in [1.54, 1.807) is 4.90 Å². The largest absolute Gasteiger partial charge is 0.331 e. The molecular formula is C22H26N4O2S. The van der Waals surface area contributed by atoms with Gasteiger partial charge in [-0.3, -0.25) is 20.4 Å². The van der Waals surface area contributed by atoms with Crippen LogP contribution in [0.25, 0.3) is 0 Å². The highest BCUT2D eigenvalue weighted by atomic mass is 32.1. The third kappa shape index (κ3) is 4.92. The quantitative estimate of drug-likeness (QED) is 0.533. The van der Waals surface area contributed by atoms with Gasteiger partial charge in [-0.25, -0.2) is 0 Å². The van der Waals surface area contributed by atoms with E-state index in [1.165, 1.54) is 5.56 Å². The molecule has 29 heavy (non-hydrogen) atoms. The lowest BCUT2D eigenvalue weighted by atomic mass is 10.1. The summed E-state index contributed by atoms with van der Waals surface area (Å²) in [7, 11) is 0. The Kier molecular flexibility index (Phi) is 6.49. The molecule has 0 bridgehead atoms. The molecule has 1 atom stereocenters. The van der Waals surface area contributed by atoms with Gasteiger partial charge in [0.25, 0.3) is 0 Å². The molecule has 2 amide bonds. The number of rotatable bonds is 4. The highest BCUT2D eigenvalue weighted by Crippen LogP contribution is 2.25. The van der Waals surface area contributed by atoms with Crippen LogP contribution in [0.15, 0.2) is 42.5 Å². The summed E-state index contributed by atoms with van der Waals surface area (Å²) in [4.78, 5) is 26.5. The molecule has 1 aliphatic heterocycles. The van der Waals surface area contributed by atoms with Crippen LogP contribution in [0.4, 0.5) is 11.4 Å². The molecule has 1 aliphatic rings. The SMILES string of the molecule is CCc1ccc(N2CC(C(=O)NNC(=S)Nc3cccc(C)c3C)CC2=O)cc1. The number of benzene rings is 2. The Morgan fingerprint density at radius 2 is 1.86 bits per heavy atom. The molecule has 152 valence electrons. The summed E-state index contributed by atoms with van der Waals surface area (Å²) >= 11 is 5.26. The molecule has 1 saturated heterocycles. The van der Waals surface area contributed by atoms with E-state index in [0.717, 1.165) is 28.9 Å². The predicted molar refractivity (Wildman–Crippen MR) is 120 cm³/mol. The second-order valence-electron chi connectivity index (χ2n) is 7.24. The van der Waals surface area contributed by atoms with E-state index in [2.05, 4.69) is 23.1 Å². The van der Waals surface area contributed by atoms with Crippen LogP contribution < -0.4 is 21.1 Å². The lowest BCUT2D eigenvalue weighted by Crippen LogP contribution is -2.46. The first-order valence-electron chi connectivity index (χ1n) is 9.71. The van der Waals surface area contributed by atoms with E-state index in [0.29, 0.717) is 11.7 Å². The van der Waals surface area contributed by atoms with Gasteiger partial charge in [-0.2, -0.15) is 0 Å². The molecule has 0 aliphatic carbocycles. The molecule has 6 nitrogen and oxygen atoms in total. The highest BCUT2D eigenvalue weighted by molar-refractivity contribution is 7.80. The van der Waals surface area contributed by atoms with Crippen molar-refractivity contribution in [2.24, 2.45) is 5.92 Å². The van der Waals surface area contributed by atoms with Gasteiger partial charge in [0.15, 0.2) is 5.11 Å².